The van der Waals surface area contributed by atoms with Crippen molar-refractivity contribution in [1.82, 2.24) is 4.57 Å². The van der Waals surface area contributed by atoms with Gasteiger partial charge in [-0.25, -0.2) is 4.39 Å². The number of nitrogens with zero attached hydrogens (tertiary/aromatic N) is 2. The number of hydrogen-bond acceptors (Lipinski definition) is 2. The van der Waals surface area contributed by atoms with Crippen LogP contribution in [0.25, 0.3) is 5.69 Å². The molecule has 0 radical (unpaired) electrons. The Hall–Kier alpha value is -2.28. The van der Waals surface area contributed by atoms with Crippen LogP contribution in [0.1, 0.15) is 16.8 Å². The number of benzene rings is 1. The van der Waals surface area contributed by atoms with E-state index in [2.05, 4.69) is 0 Å². The van der Waals surface area contributed by atoms with Crippen molar-refractivity contribution in [3.8, 4) is 11.8 Å². The van der Waals surface area contributed by atoms with Crippen LogP contribution in [0.15, 0.2) is 24.3 Å². The van der Waals surface area contributed by atoms with E-state index in [0.29, 0.717) is 11.3 Å². The van der Waals surface area contributed by atoms with Crippen LogP contribution >= 0.6 is 0 Å². The maximum atomic E-state index is 13.7. The Bertz CT molecular complexity index is 620. The highest BCUT2D eigenvalue weighted by atomic mass is 19.1. The average Bonchev–Trinajstić information content (AvgIpc) is 2.52. The van der Waals surface area contributed by atoms with Crippen LogP contribution in [-0.2, 0) is 0 Å². The first kappa shape index (κ1) is 11.2. The topological polar surface area (TPSA) is 54.7 Å². The second-order valence-electron chi connectivity index (χ2n) is 3.87. The average molecular weight is 229 g/mol. The van der Waals surface area contributed by atoms with E-state index >= 15 is 0 Å². The van der Waals surface area contributed by atoms with Crippen LogP contribution in [0.4, 0.5) is 10.2 Å². The van der Waals surface area contributed by atoms with Crippen molar-refractivity contribution in [1.29, 1.82) is 5.26 Å². The molecule has 1 aromatic carbocycles. The van der Waals surface area contributed by atoms with Crippen LogP contribution < -0.4 is 5.73 Å². The third-order valence-corrected chi connectivity index (χ3v) is 2.96. The van der Waals surface area contributed by atoms with Crippen molar-refractivity contribution in [2.24, 2.45) is 0 Å². The molecule has 2 rings (SSSR count). The fourth-order valence-corrected chi connectivity index (χ4v) is 1.92. The van der Waals surface area contributed by atoms with Crippen LogP contribution in [-0.4, -0.2) is 4.57 Å². The summed E-state index contributed by atoms with van der Waals surface area (Å²) < 4.78 is 15.3. The summed E-state index contributed by atoms with van der Waals surface area (Å²) in [6.07, 6.45) is 0. The van der Waals surface area contributed by atoms with Crippen molar-refractivity contribution in [2.75, 3.05) is 5.73 Å². The van der Waals surface area contributed by atoms with E-state index in [1.54, 1.807) is 22.8 Å². The Labute approximate surface area is 98.9 Å². The predicted molar refractivity (Wildman–Crippen MR) is 64.3 cm³/mol. The van der Waals surface area contributed by atoms with Crippen LogP contribution in [0.2, 0.25) is 0 Å². The molecule has 0 saturated heterocycles. The summed E-state index contributed by atoms with van der Waals surface area (Å²) in [6, 6.07) is 8.41. The molecule has 2 N–H and O–H groups in total. The third-order valence-electron chi connectivity index (χ3n) is 2.96. The molecule has 3 nitrogen and oxygen atoms in total. The van der Waals surface area contributed by atoms with Gasteiger partial charge in [-0.1, -0.05) is 12.1 Å². The molecule has 1 aromatic heterocycles. The number of halogens is 1. The van der Waals surface area contributed by atoms with E-state index in [1.807, 2.05) is 19.9 Å². The van der Waals surface area contributed by atoms with Gasteiger partial charge in [0.1, 0.15) is 17.7 Å². The van der Waals surface area contributed by atoms with Crippen molar-refractivity contribution in [2.45, 2.75) is 13.8 Å². The molecule has 86 valence electrons. The lowest BCUT2D eigenvalue weighted by molar-refractivity contribution is 0.617. The van der Waals surface area contributed by atoms with E-state index in [9.17, 15) is 4.39 Å². The molecule has 1 heterocycles. The largest absolute Gasteiger partial charge is 0.384 e. The van der Waals surface area contributed by atoms with Crippen molar-refractivity contribution in [3.05, 3.63) is 46.9 Å². The molecule has 2 aromatic rings. The second-order valence-corrected chi connectivity index (χ2v) is 3.87. The van der Waals surface area contributed by atoms with Gasteiger partial charge in [-0.3, -0.25) is 4.57 Å². The molecular formula is C13H12FN3. The molecule has 17 heavy (non-hydrogen) atoms. The van der Waals surface area contributed by atoms with E-state index in [4.69, 9.17) is 11.0 Å². The van der Waals surface area contributed by atoms with Crippen molar-refractivity contribution < 1.29 is 4.39 Å². The summed E-state index contributed by atoms with van der Waals surface area (Å²) in [6.45, 7) is 3.63. The maximum Gasteiger partial charge on any atom is 0.147 e. The smallest absolute Gasteiger partial charge is 0.147 e. The first-order valence-corrected chi connectivity index (χ1v) is 5.20. The Kier molecular flexibility index (Phi) is 2.60. The normalized spacial score (nSPS) is 10.2. The van der Waals surface area contributed by atoms with Gasteiger partial charge < -0.3 is 5.73 Å². The lowest BCUT2D eigenvalue weighted by Crippen LogP contribution is -2.04. The molecule has 0 saturated carbocycles. The number of para-hydroxylation sites is 1. The van der Waals surface area contributed by atoms with E-state index in [0.717, 1.165) is 11.3 Å². The monoisotopic (exact) mass is 229 g/mol. The highest BCUT2D eigenvalue weighted by Crippen LogP contribution is 2.28. The predicted octanol–water partition coefficient (Wildman–Crippen LogP) is 2.69. The Morgan fingerprint density at radius 3 is 2.47 bits per heavy atom. The van der Waals surface area contributed by atoms with Gasteiger partial charge in [-0.2, -0.15) is 5.26 Å². The Morgan fingerprint density at radius 1 is 1.29 bits per heavy atom. The second kappa shape index (κ2) is 3.95. The summed E-state index contributed by atoms with van der Waals surface area (Å²) in [5, 5.41) is 9.02. The summed E-state index contributed by atoms with van der Waals surface area (Å²) in [4.78, 5) is 0. The van der Waals surface area contributed by atoms with Gasteiger partial charge in [0.25, 0.3) is 0 Å². The molecule has 0 unspecified atom stereocenters. The van der Waals surface area contributed by atoms with Crippen molar-refractivity contribution in [3.63, 3.8) is 0 Å². The summed E-state index contributed by atoms with van der Waals surface area (Å²) >= 11 is 0. The quantitative estimate of drug-likeness (QED) is 0.817. The summed E-state index contributed by atoms with van der Waals surface area (Å²) in [5.74, 6) is -0.0746. The number of nitrogens with two attached hydrogens (primary N) is 1. The third kappa shape index (κ3) is 1.56. The number of aromatic nitrogens is 1. The van der Waals surface area contributed by atoms with Gasteiger partial charge in [0.15, 0.2) is 0 Å². The van der Waals surface area contributed by atoms with E-state index in [-0.39, 0.29) is 11.6 Å². The van der Waals surface area contributed by atoms with Crippen molar-refractivity contribution >= 4 is 5.82 Å². The first-order valence-electron chi connectivity index (χ1n) is 5.20. The number of rotatable bonds is 1. The molecule has 0 atom stereocenters. The molecule has 0 aliphatic rings. The SMILES string of the molecule is Cc1c(C#N)c(N)n(-c2ccccc2F)c1C. The van der Waals surface area contributed by atoms with Crippen LogP contribution in [0.3, 0.4) is 0 Å². The minimum absolute atomic E-state index is 0.285. The maximum absolute atomic E-state index is 13.7. The molecule has 4 heteroatoms. The molecule has 0 aliphatic heterocycles. The van der Waals surface area contributed by atoms with Gasteiger partial charge in [0.2, 0.25) is 0 Å². The Morgan fingerprint density at radius 2 is 1.94 bits per heavy atom. The molecule has 0 amide bonds. The van der Waals surface area contributed by atoms with Crippen LogP contribution in [0.5, 0.6) is 0 Å². The van der Waals surface area contributed by atoms with E-state index < -0.39 is 0 Å². The standard InChI is InChI=1S/C13H12FN3/c1-8-9(2)17(13(16)10(8)7-15)12-6-4-3-5-11(12)14/h3-6H,16H2,1-2H3. The molecule has 0 spiro atoms. The van der Waals surface area contributed by atoms with E-state index in [1.165, 1.54) is 6.07 Å². The zero-order valence-electron chi connectivity index (χ0n) is 9.66. The molecule has 0 aliphatic carbocycles. The van der Waals surface area contributed by atoms with Gasteiger partial charge in [0, 0.05) is 5.69 Å². The molecule has 0 fully saturated rings. The fraction of sp³-hybridized carbons (Fsp3) is 0.154. The minimum atomic E-state index is -0.359. The van der Waals surface area contributed by atoms with Gasteiger partial charge in [-0.15, -0.1) is 0 Å². The van der Waals surface area contributed by atoms with Crippen LogP contribution in [0, 0.1) is 31.0 Å². The highest BCUT2D eigenvalue weighted by molar-refractivity contribution is 5.62. The summed E-state index contributed by atoms with van der Waals surface area (Å²) in [7, 11) is 0. The highest BCUT2D eigenvalue weighted by Gasteiger charge is 2.17. The zero-order valence-corrected chi connectivity index (χ0v) is 9.66. The lowest BCUT2D eigenvalue weighted by atomic mass is 10.2. The van der Waals surface area contributed by atoms with Gasteiger partial charge in [0.05, 0.1) is 11.3 Å². The zero-order chi connectivity index (χ0) is 12.6. The van der Waals surface area contributed by atoms with Gasteiger partial charge in [-0.05, 0) is 31.5 Å². The minimum Gasteiger partial charge on any atom is -0.384 e. The van der Waals surface area contributed by atoms with Gasteiger partial charge >= 0.3 is 0 Å². The fourth-order valence-electron chi connectivity index (χ4n) is 1.92. The molecule has 0 bridgehead atoms. The summed E-state index contributed by atoms with van der Waals surface area (Å²) in [5.41, 5.74) is 8.23. The molecular weight excluding hydrogens is 217 g/mol. The number of anilines is 1. The Balaban J connectivity index is 2.79. The first-order chi connectivity index (χ1) is 8.07. The number of hydrogen-bond donors (Lipinski definition) is 1. The lowest BCUT2D eigenvalue weighted by Gasteiger charge is -2.09. The number of nitriles is 1. The number of nitrogen functional groups attached to an aromatic ring is 1.